The van der Waals surface area contributed by atoms with Crippen molar-refractivity contribution in [2.24, 2.45) is 0 Å². The zero-order valence-electron chi connectivity index (χ0n) is 13.0. The Kier molecular flexibility index (Phi) is 6.29. The van der Waals surface area contributed by atoms with Crippen LogP contribution in [-0.4, -0.2) is 31.4 Å². The van der Waals surface area contributed by atoms with Gasteiger partial charge in [-0.1, -0.05) is 24.3 Å². The van der Waals surface area contributed by atoms with Gasteiger partial charge in [0.15, 0.2) is 0 Å². The van der Waals surface area contributed by atoms with Gasteiger partial charge in [0.25, 0.3) is 0 Å². The highest BCUT2D eigenvalue weighted by Gasteiger charge is 2.06. The maximum Gasteiger partial charge on any atom is 0.303 e. The fraction of sp³-hybridized carbons (Fsp3) is 0.278. The number of para-hydroxylation sites is 1. The zero-order valence-corrected chi connectivity index (χ0v) is 13.0. The third-order valence-electron chi connectivity index (χ3n) is 3.23. The van der Waals surface area contributed by atoms with Crippen LogP contribution in [0.4, 0.5) is 0 Å². The largest absolute Gasteiger partial charge is 0.497 e. The Morgan fingerprint density at radius 3 is 2.52 bits per heavy atom. The summed E-state index contributed by atoms with van der Waals surface area (Å²) < 4.78 is 16.4. The van der Waals surface area contributed by atoms with Crippen molar-refractivity contribution in [1.82, 2.24) is 0 Å². The molecule has 2 aromatic rings. The van der Waals surface area contributed by atoms with Gasteiger partial charge in [-0.2, -0.15) is 0 Å². The molecule has 0 bridgehead atoms. The van der Waals surface area contributed by atoms with E-state index < -0.39 is 5.97 Å². The van der Waals surface area contributed by atoms with Crippen molar-refractivity contribution in [3.05, 3.63) is 54.1 Å². The van der Waals surface area contributed by atoms with E-state index in [0.29, 0.717) is 31.1 Å². The lowest BCUT2D eigenvalue weighted by Gasteiger charge is -2.12. The molecule has 23 heavy (non-hydrogen) atoms. The third kappa shape index (κ3) is 5.54. The van der Waals surface area contributed by atoms with Gasteiger partial charge in [0.05, 0.1) is 7.11 Å². The van der Waals surface area contributed by atoms with Gasteiger partial charge in [-0.05, 0) is 30.2 Å². The first-order valence-electron chi connectivity index (χ1n) is 7.38. The lowest BCUT2D eigenvalue weighted by Crippen LogP contribution is -2.10. The maximum atomic E-state index is 10.7. The van der Waals surface area contributed by atoms with E-state index in [2.05, 4.69) is 0 Å². The SMILES string of the molecule is COc1cccc(OCCOc2ccccc2CCC(=O)O)c1. The first-order valence-corrected chi connectivity index (χ1v) is 7.38. The van der Waals surface area contributed by atoms with E-state index in [0.717, 1.165) is 11.3 Å². The number of ether oxygens (including phenoxy) is 3. The number of methoxy groups -OCH3 is 1. The van der Waals surface area contributed by atoms with Gasteiger partial charge >= 0.3 is 5.97 Å². The molecule has 0 heterocycles. The summed E-state index contributed by atoms with van der Waals surface area (Å²) in [5.41, 5.74) is 0.885. The Balaban J connectivity index is 1.82. The number of benzene rings is 2. The van der Waals surface area contributed by atoms with Gasteiger partial charge < -0.3 is 19.3 Å². The second-order valence-corrected chi connectivity index (χ2v) is 4.88. The van der Waals surface area contributed by atoms with E-state index in [1.165, 1.54) is 0 Å². The molecule has 0 amide bonds. The molecule has 0 saturated carbocycles. The van der Waals surface area contributed by atoms with Crippen molar-refractivity contribution in [3.8, 4) is 17.2 Å². The van der Waals surface area contributed by atoms with Crippen LogP contribution in [0.25, 0.3) is 0 Å². The summed E-state index contributed by atoms with van der Waals surface area (Å²) >= 11 is 0. The Hall–Kier alpha value is -2.69. The van der Waals surface area contributed by atoms with Gasteiger partial charge in [-0.25, -0.2) is 0 Å². The van der Waals surface area contributed by atoms with Crippen molar-refractivity contribution < 1.29 is 24.1 Å². The third-order valence-corrected chi connectivity index (χ3v) is 3.23. The van der Waals surface area contributed by atoms with Crippen molar-refractivity contribution in [3.63, 3.8) is 0 Å². The molecule has 5 heteroatoms. The highest BCUT2D eigenvalue weighted by atomic mass is 16.5. The van der Waals surface area contributed by atoms with E-state index in [4.69, 9.17) is 19.3 Å². The summed E-state index contributed by atoms with van der Waals surface area (Å²) in [6.45, 7) is 0.766. The van der Waals surface area contributed by atoms with Crippen LogP contribution >= 0.6 is 0 Å². The van der Waals surface area contributed by atoms with Crippen molar-refractivity contribution in [2.75, 3.05) is 20.3 Å². The number of aliphatic carboxylic acids is 1. The molecule has 0 atom stereocenters. The molecule has 0 spiro atoms. The predicted molar refractivity (Wildman–Crippen MR) is 86.4 cm³/mol. The molecule has 5 nitrogen and oxygen atoms in total. The molecule has 2 aromatic carbocycles. The summed E-state index contributed by atoms with van der Waals surface area (Å²) in [5, 5.41) is 8.78. The van der Waals surface area contributed by atoms with Crippen LogP contribution in [0, 0.1) is 0 Å². The molecular formula is C18H20O5. The van der Waals surface area contributed by atoms with Crippen LogP contribution in [-0.2, 0) is 11.2 Å². The Labute approximate surface area is 135 Å². The van der Waals surface area contributed by atoms with Gasteiger partial charge in [-0.15, -0.1) is 0 Å². The molecule has 0 aliphatic rings. The van der Waals surface area contributed by atoms with E-state index >= 15 is 0 Å². The fourth-order valence-corrected chi connectivity index (χ4v) is 2.09. The number of rotatable bonds is 9. The van der Waals surface area contributed by atoms with Crippen LogP contribution in [0.5, 0.6) is 17.2 Å². The molecule has 0 radical (unpaired) electrons. The molecule has 122 valence electrons. The topological polar surface area (TPSA) is 65.0 Å². The molecular weight excluding hydrogens is 296 g/mol. The smallest absolute Gasteiger partial charge is 0.303 e. The highest BCUT2D eigenvalue weighted by molar-refractivity contribution is 5.67. The van der Waals surface area contributed by atoms with Crippen molar-refractivity contribution in [1.29, 1.82) is 0 Å². The number of carbonyl (C=O) groups is 1. The predicted octanol–water partition coefficient (Wildman–Crippen LogP) is 3.17. The summed E-state index contributed by atoms with van der Waals surface area (Å²) in [4.78, 5) is 10.7. The standard InChI is InChI=1S/C18H20O5/c1-21-15-6-4-7-16(13-15)22-11-12-23-17-8-3-2-5-14(17)9-10-18(19)20/h2-8,13H,9-12H2,1H3,(H,19,20). The molecule has 2 rings (SSSR count). The van der Waals surface area contributed by atoms with E-state index in [1.807, 2.05) is 42.5 Å². The molecule has 0 saturated heterocycles. The van der Waals surface area contributed by atoms with Crippen molar-refractivity contribution in [2.45, 2.75) is 12.8 Å². The number of carboxylic acid groups (broad SMARTS) is 1. The normalized spacial score (nSPS) is 10.1. The lowest BCUT2D eigenvalue weighted by molar-refractivity contribution is -0.136. The van der Waals surface area contributed by atoms with Crippen LogP contribution in [0.1, 0.15) is 12.0 Å². The number of carboxylic acids is 1. The Morgan fingerprint density at radius 2 is 1.74 bits per heavy atom. The highest BCUT2D eigenvalue weighted by Crippen LogP contribution is 2.21. The van der Waals surface area contributed by atoms with E-state index in [-0.39, 0.29) is 6.42 Å². The Bertz CT molecular complexity index is 639. The average molecular weight is 316 g/mol. The van der Waals surface area contributed by atoms with Crippen LogP contribution < -0.4 is 14.2 Å². The summed E-state index contributed by atoms with van der Waals surface area (Å²) in [5.74, 6) is 1.33. The second-order valence-electron chi connectivity index (χ2n) is 4.88. The van der Waals surface area contributed by atoms with Crippen molar-refractivity contribution >= 4 is 5.97 Å². The number of aryl methyl sites for hydroxylation is 1. The molecule has 0 aromatic heterocycles. The molecule has 1 N–H and O–H groups in total. The minimum Gasteiger partial charge on any atom is -0.497 e. The lowest BCUT2D eigenvalue weighted by atomic mass is 10.1. The van der Waals surface area contributed by atoms with Gasteiger partial charge in [0.1, 0.15) is 30.5 Å². The monoisotopic (exact) mass is 316 g/mol. The van der Waals surface area contributed by atoms with E-state index in [1.54, 1.807) is 13.2 Å². The first kappa shape index (κ1) is 16.7. The Morgan fingerprint density at radius 1 is 1.00 bits per heavy atom. The zero-order chi connectivity index (χ0) is 16.5. The molecule has 0 unspecified atom stereocenters. The van der Waals surface area contributed by atoms with Crippen LogP contribution in [0.15, 0.2) is 48.5 Å². The molecule has 0 aliphatic heterocycles. The quantitative estimate of drug-likeness (QED) is 0.720. The molecule has 0 fully saturated rings. The van der Waals surface area contributed by atoms with Crippen LogP contribution in [0.2, 0.25) is 0 Å². The number of hydrogen-bond acceptors (Lipinski definition) is 4. The minimum absolute atomic E-state index is 0.0840. The second kappa shape index (κ2) is 8.68. The summed E-state index contributed by atoms with van der Waals surface area (Å²) in [7, 11) is 1.61. The average Bonchev–Trinajstić information content (AvgIpc) is 2.58. The van der Waals surface area contributed by atoms with E-state index in [9.17, 15) is 4.79 Å². The van der Waals surface area contributed by atoms with Crippen LogP contribution in [0.3, 0.4) is 0 Å². The van der Waals surface area contributed by atoms with Gasteiger partial charge in [0, 0.05) is 12.5 Å². The number of hydrogen-bond donors (Lipinski definition) is 1. The fourth-order valence-electron chi connectivity index (χ4n) is 2.09. The summed E-state index contributed by atoms with van der Waals surface area (Å²) in [6, 6.07) is 14.8. The minimum atomic E-state index is -0.818. The van der Waals surface area contributed by atoms with Gasteiger partial charge in [-0.3, -0.25) is 4.79 Å². The van der Waals surface area contributed by atoms with Gasteiger partial charge in [0.2, 0.25) is 0 Å². The summed E-state index contributed by atoms with van der Waals surface area (Å²) in [6.07, 6.45) is 0.531. The molecule has 0 aliphatic carbocycles. The maximum absolute atomic E-state index is 10.7. The first-order chi connectivity index (χ1) is 11.2.